The third kappa shape index (κ3) is 4.97. The van der Waals surface area contributed by atoms with Gasteiger partial charge in [-0.25, -0.2) is 9.59 Å². The van der Waals surface area contributed by atoms with E-state index in [-0.39, 0.29) is 17.8 Å². The summed E-state index contributed by atoms with van der Waals surface area (Å²) in [6.07, 6.45) is 1.51. The van der Waals surface area contributed by atoms with Crippen LogP contribution in [0.5, 0.6) is 0 Å². The standard InChI is InChI=1S/C22H26O6/c1-14(2)16(18-9-5-7-11-20(18)22(24)28-26)13-12-15(3)17-8-4-6-10-19(17)21(23)27-25/h4-11,14-16,25-26H,12-13H2,1-3H3. The van der Waals surface area contributed by atoms with Crippen molar-refractivity contribution in [2.45, 2.75) is 45.4 Å². The van der Waals surface area contributed by atoms with Crippen molar-refractivity contribution in [1.29, 1.82) is 0 Å². The van der Waals surface area contributed by atoms with Crippen LogP contribution >= 0.6 is 0 Å². The summed E-state index contributed by atoms with van der Waals surface area (Å²) in [5, 5.41) is 17.5. The quantitative estimate of drug-likeness (QED) is 0.474. The van der Waals surface area contributed by atoms with Crippen molar-refractivity contribution < 1.29 is 29.9 Å². The van der Waals surface area contributed by atoms with Gasteiger partial charge in [-0.1, -0.05) is 57.2 Å². The van der Waals surface area contributed by atoms with E-state index in [0.717, 1.165) is 24.0 Å². The maximum atomic E-state index is 11.9. The Kier molecular flexibility index (Phi) is 7.72. The van der Waals surface area contributed by atoms with Crippen LogP contribution < -0.4 is 0 Å². The average molecular weight is 386 g/mol. The van der Waals surface area contributed by atoms with Crippen LogP contribution in [-0.4, -0.2) is 22.5 Å². The highest BCUT2D eigenvalue weighted by Crippen LogP contribution is 2.35. The molecular weight excluding hydrogens is 360 g/mol. The van der Waals surface area contributed by atoms with Crippen LogP contribution in [0.4, 0.5) is 0 Å². The highest BCUT2D eigenvalue weighted by atomic mass is 17.1. The highest BCUT2D eigenvalue weighted by Gasteiger charge is 2.24. The molecule has 0 heterocycles. The van der Waals surface area contributed by atoms with E-state index in [0.29, 0.717) is 11.1 Å². The maximum Gasteiger partial charge on any atom is 0.373 e. The molecule has 2 unspecified atom stereocenters. The summed E-state index contributed by atoms with van der Waals surface area (Å²) in [6, 6.07) is 14.1. The SMILES string of the molecule is CC(CCC(c1ccccc1C(=O)OO)C(C)C)c1ccccc1C(=O)OO. The van der Waals surface area contributed by atoms with Crippen LogP contribution in [-0.2, 0) is 9.78 Å². The Morgan fingerprint density at radius 1 is 0.786 bits per heavy atom. The Labute approximate surface area is 164 Å². The Balaban J connectivity index is 2.24. The van der Waals surface area contributed by atoms with E-state index in [2.05, 4.69) is 23.6 Å². The average Bonchev–Trinajstić information content (AvgIpc) is 2.72. The molecule has 150 valence electrons. The van der Waals surface area contributed by atoms with Crippen molar-refractivity contribution in [3.8, 4) is 0 Å². The zero-order valence-corrected chi connectivity index (χ0v) is 16.3. The highest BCUT2D eigenvalue weighted by molar-refractivity contribution is 5.91. The zero-order chi connectivity index (χ0) is 20.7. The molecule has 0 saturated carbocycles. The van der Waals surface area contributed by atoms with Crippen LogP contribution in [0.15, 0.2) is 48.5 Å². The van der Waals surface area contributed by atoms with Gasteiger partial charge in [0, 0.05) is 0 Å². The Hall–Kier alpha value is -2.70. The lowest BCUT2D eigenvalue weighted by molar-refractivity contribution is -0.183. The number of carbonyl (C=O) groups excluding carboxylic acids is 2. The number of rotatable bonds is 8. The lowest BCUT2D eigenvalue weighted by Crippen LogP contribution is -2.15. The van der Waals surface area contributed by atoms with Crippen molar-refractivity contribution in [3.63, 3.8) is 0 Å². The molecule has 0 saturated heterocycles. The molecule has 6 heteroatoms. The monoisotopic (exact) mass is 386 g/mol. The molecule has 2 atom stereocenters. The van der Waals surface area contributed by atoms with Gasteiger partial charge in [0.25, 0.3) is 0 Å². The molecule has 0 aromatic heterocycles. The van der Waals surface area contributed by atoms with E-state index in [1.165, 1.54) is 0 Å². The number of hydrogen-bond acceptors (Lipinski definition) is 6. The van der Waals surface area contributed by atoms with Crippen LogP contribution in [0.25, 0.3) is 0 Å². The van der Waals surface area contributed by atoms with Gasteiger partial charge in [-0.05, 0) is 53.9 Å². The minimum absolute atomic E-state index is 0.0357. The molecule has 2 aromatic rings. The second-order valence-corrected chi connectivity index (χ2v) is 7.26. The molecule has 0 aliphatic carbocycles. The molecule has 2 aromatic carbocycles. The van der Waals surface area contributed by atoms with E-state index in [1.807, 2.05) is 31.2 Å². The largest absolute Gasteiger partial charge is 0.373 e. The second kappa shape index (κ2) is 10.0. The third-order valence-electron chi connectivity index (χ3n) is 5.17. The predicted molar refractivity (Wildman–Crippen MR) is 104 cm³/mol. The summed E-state index contributed by atoms with van der Waals surface area (Å²) in [5.74, 6) is -1.20. The van der Waals surface area contributed by atoms with Gasteiger partial charge in [0.2, 0.25) is 0 Å². The summed E-state index contributed by atoms with van der Waals surface area (Å²) in [7, 11) is 0. The van der Waals surface area contributed by atoms with Crippen molar-refractivity contribution >= 4 is 11.9 Å². The van der Waals surface area contributed by atoms with Gasteiger partial charge in [0.1, 0.15) is 0 Å². The molecule has 2 N–H and O–H groups in total. The lowest BCUT2D eigenvalue weighted by Gasteiger charge is -2.25. The first-order chi connectivity index (χ1) is 13.4. The second-order valence-electron chi connectivity index (χ2n) is 7.26. The summed E-state index contributed by atoms with van der Waals surface area (Å²) in [5.41, 5.74) is 2.31. The molecule has 6 nitrogen and oxygen atoms in total. The smallest absolute Gasteiger partial charge is 0.295 e. The van der Waals surface area contributed by atoms with E-state index in [4.69, 9.17) is 10.5 Å². The van der Waals surface area contributed by atoms with Crippen LogP contribution in [0.1, 0.15) is 77.3 Å². The summed E-state index contributed by atoms with van der Waals surface area (Å²) >= 11 is 0. The van der Waals surface area contributed by atoms with Gasteiger partial charge in [-0.3, -0.25) is 9.78 Å². The summed E-state index contributed by atoms with van der Waals surface area (Å²) in [4.78, 5) is 31.6. The molecule has 0 aliphatic heterocycles. The summed E-state index contributed by atoms with van der Waals surface area (Å²) in [6.45, 7) is 6.16. The molecule has 28 heavy (non-hydrogen) atoms. The minimum Gasteiger partial charge on any atom is -0.295 e. The number of benzene rings is 2. The fourth-order valence-electron chi connectivity index (χ4n) is 3.65. The predicted octanol–water partition coefficient (Wildman–Crippen LogP) is 5.27. The zero-order valence-electron chi connectivity index (χ0n) is 16.3. The topological polar surface area (TPSA) is 93.1 Å². The van der Waals surface area contributed by atoms with Gasteiger partial charge in [0.05, 0.1) is 11.1 Å². The Bertz CT molecular complexity index is 814. The molecule has 0 amide bonds. The van der Waals surface area contributed by atoms with Crippen molar-refractivity contribution in [1.82, 2.24) is 0 Å². The summed E-state index contributed by atoms with van der Waals surface area (Å²) < 4.78 is 0. The molecule has 2 rings (SSSR count). The van der Waals surface area contributed by atoms with Crippen molar-refractivity contribution in [2.24, 2.45) is 5.92 Å². The first kappa shape index (κ1) is 21.6. The van der Waals surface area contributed by atoms with Crippen LogP contribution in [0.2, 0.25) is 0 Å². The minimum atomic E-state index is -0.779. The first-order valence-corrected chi connectivity index (χ1v) is 9.30. The molecule has 0 radical (unpaired) electrons. The van der Waals surface area contributed by atoms with Crippen LogP contribution in [0.3, 0.4) is 0 Å². The van der Waals surface area contributed by atoms with Gasteiger partial charge < -0.3 is 0 Å². The van der Waals surface area contributed by atoms with Gasteiger partial charge in [-0.2, -0.15) is 10.5 Å². The molecular formula is C22H26O6. The van der Waals surface area contributed by atoms with E-state index in [9.17, 15) is 9.59 Å². The van der Waals surface area contributed by atoms with E-state index < -0.39 is 11.9 Å². The van der Waals surface area contributed by atoms with Crippen LogP contribution in [0, 0.1) is 5.92 Å². The number of carbonyl (C=O) groups is 2. The van der Waals surface area contributed by atoms with Crippen molar-refractivity contribution in [3.05, 3.63) is 70.8 Å². The van der Waals surface area contributed by atoms with Crippen molar-refractivity contribution in [2.75, 3.05) is 0 Å². The van der Waals surface area contributed by atoms with Gasteiger partial charge in [0.15, 0.2) is 0 Å². The Morgan fingerprint density at radius 2 is 1.25 bits per heavy atom. The first-order valence-electron chi connectivity index (χ1n) is 9.30. The molecule has 0 fully saturated rings. The fourth-order valence-corrected chi connectivity index (χ4v) is 3.65. The molecule has 0 spiro atoms. The normalized spacial score (nSPS) is 13.1. The Morgan fingerprint density at radius 3 is 1.75 bits per heavy atom. The third-order valence-corrected chi connectivity index (χ3v) is 5.17. The lowest BCUT2D eigenvalue weighted by atomic mass is 9.79. The van der Waals surface area contributed by atoms with E-state index >= 15 is 0 Å². The molecule has 0 bridgehead atoms. The molecule has 0 aliphatic rings. The fraction of sp³-hybridized carbons (Fsp3) is 0.364. The number of hydrogen-bond donors (Lipinski definition) is 2. The van der Waals surface area contributed by atoms with Gasteiger partial charge in [-0.15, -0.1) is 0 Å². The van der Waals surface area contributed by atoms with Gasteiger partial charge >= 0.3 is 11.9 Å². The van der Waals surface area contributed by atoms with E-state index in [1.54, 1.807) is 24.3 Å². The maximum absolute atomic E-state index is 11.9.